The van der Waals surface area contributed by atoms with Crippen LogP contribution in [0.1, 0.15) is 42.5 Å². The number of ketones is 2. The Bertz CT molecular complexity index is 932. The van der Waals surface area contributed by atoms with Gasteiger partial charge in [-0.05, 0) is 60.7 Å². The van der Waals surface area contributed by atoms with Gasteiger partial charge in [0.25, 0.3) is 0 Å². The summed E-state index contributed by atoms with van der Waals surface area (Å²) in [5, 5.41) is 2.01. The van der Waals surface area contributed by atoms with Gasteiger partial charge >= 0.3 is 5.97 Å². The van der Waals surface area contributed by atoms with Gasteiger partial charge in [-0.25, -0.2) is 0 Å². The second-order valence-corrected chi connectivity index (χ2v) is 9.63. The van der Waals surface area contributed by atoms with Gasteiger partial charge in [-0.1, -0.05) is 30.9 Å². The molecular weight excluding hydrogens is 436 g/mol. The van der Waals surface area contributed by atoms with E-state index >= 15 is 0 Å². The van der Waals surface area contributed by atoms with Gasteiger partial charge < -0.3 is 9.47 Å². The monoisotopic (exact) mass is 468 g/mol. The summed E-state index contributed by atoms with van der Waals surface area (Å²) >= 11 is 1.65. The normalized spacial score (nSPS) is 20.8. The van der Waals surface area contributed by atoms with E-state index in [1.807, 2.05) is 41.8 Å². The van der Waals surface area contributed by atoms with Crippen LogP contribution in [0.4, 0.5) is 0 Å². The van der Waals surface area contributed by atoms with Crippen molar-refractivity contribution in [3.63, 3.8) is 0 Å². The topological polar surface area (TPSA) is 69.7 Å². The van der Waals surface area contributed by atoms with E-state index in [1.165, 1.54) is 11.0 Å². The smallest absolute Gasteiger partial charge is 0.306 e. The van der Waals surface area contributed by atoms with E-state index in [9.17, 15) is 14.4 Å². The second kappa shape index (κ2) is 12.5. The Labute approximate surface area is 199 Å². The van der Waals surface area contributed by atoms with E-state index in [0.29, 0.717) is 19.3 Å². The third-order valence-electron chi connectivity index (χ3n) is 6.32. The largest absolute Gasteiger partial charge is 0.497 e. The van der Waals surface area contributed by atoms with Gasteiger partial charge in [-0.3, -0.25) is 14.4 Å². The van der Waals surface area contributed by atoms with Crippen LogP contribution in [0.3, 0.4) is 0 Å². The van der Waals surface area contributed by atoms with E-state index in [1.54, 1.807) is 18.4 Å². The molecule has 0 N–H and O–H groups in total. The van der Waals surface area contributed by atoms with Gasteiger partial charge in [0, 0.05) is 29.6 Å². The van der Waals surface area contributed by atoms with Crippen molar-refractivity contribution < 1.29 is 23.9 Å². The molecule has 0 saturated heterocycles. The second-order valence-electron chi connectivity index (χ2n) is 8.60. The summed E-state index contributed by atoms with van der Waals surface area (Å²) in [7, 11) is 1.64. The number of ether oxygens (including phenoxy) is 2. The number of esters is 1. The summed E-state index contributed by atoms with van der Waals surface area (Å²) < 4.78 is 10.3. The first-order chi connectivity index (χ1) is 16.0. The third-order valence-corrected chi connectivity index (χ3v) is 7.26. The highest BCUT2D eigenvalue weighted by Gasteiger charge is 2.39. The molecule has 1 aliphatic carbocycles. The SMILES string of the molecule is C=CCOC(=O)CC1C(=O)CC(CCc2ccc(OC)cc2)CC(=O)C1CCc1cccs1. The van der Waals surface area contributed by atoms with Crippen molar-refractivity contribution in [2.75, 3.05) is 13.7 Å². The van der Waals surface area contributed by atoms with Crippen molar-refractivity contribution in [1.29, 1.82) is 0 Å². The fourth-order valence-electron chi connectivity index (χ4n) is 4.52. The van der Waals surface area contributed by atoms with Crippen LogP contribution < -0.4 is 4.74 Å². The average Bonchev–Trinajstić information content (AvgIpc) is 3.31. The predicted octanol–water partition coefficient (Wildman–Crippen LogP) is 5.22. The summed E-state index contributed by atoms with van der Waals surface area (Å²) in [6.45, 7) is 3.66. The molecule has 176 valence electrons. The lowest BCUT2D eigenvalue weighted by atomic mass is 9.81. The quantitative estimate of drug-likeness (QED) is 0.257. The molecule has 1 aliphatic rings. The molecule has 3 rings (SSSR count). The van der Waals surface area contributed by atoms with E-state index in [2.05, 4.69) is 6.58 Å². The Kier molecular flexibility index (Phi) is 9.43. The molecule has 2 aromatic rings. The first-order valence-corrected chi connectivity index (χ1v) is 12.3. The number of methoxy groups -OCH3 is 1. The summed E-state index contributed by atoms with van der Waals surface area (Å²) in [6.07, 6.45) is 5.04. The van der Waals surface area contributed by atoms with Gasteiger partial charge in [-0.2, -0.15) is 0 Å². The van der Waals surface area contributed by atoms with Crippen LogP contribution in [0.5, 0.6) is 5.75 Å². The van der Waals surface area contributed by atoms with Gasteiger partial charge in [0.1, 0.15) is 23.9 Å². The highest BCUT2D eigenvalue weighted by Crippen LogP contribution is 2.35. The molecule has 1 aromatic carbocycles. The number of hydrogen-bond donors (Lipinski definition) is 0. The molecule has 1 heterocycles. The Balaban J connectivity index is 1.69. The standard InChI is InChI=1S/C27H32O5S/c1-3-14-32-27(30)18-24-23(13-12-22-5-4-15-33-22)25(28)16-20(17-26(24)29)7-6-19-8-10-21(31-2)11-9-19/h3-5,8-11,15,20,23-24H,1,6-7,12-14,16-18H2,2H3. The van der Waals surface area contributed by atoms with Crippen LogP contribution >= 0.6 is 11.3 Å². The summed E-state index contributed by atoms with van der Waals surface area (Å²) in [5.41, 5.74) is 1.15. The van der Waals surface area contributed by atoms with Crippen LogP contribution in [0.15, 0.2) is 54.4 Å². The summed E-state index contributed by atoms with van der Waals surface area (Å²) in [4.78, 5) is 40.0. The molecule has 33 heavy (non-hydrogen) atoms. The van der Waals surface area contributed by atoms with Crippen LogP contribution in [0.2, 0.25) is 0 Å². The molecule has 0 spiro atoms. The molecule has 3 atom stereocenters. The zero-order valence-corrected chi connectivity index (χ0v) is 20.0. The minimum atomic E-state index is -0.610. The van der Waals surface area contributed by atoms with Crippen LogP contribution in [0.25, 0.3) is 0 Å². The molecule has 1 fully saturated rings. The maximum atomic E-state index is 13.3. The number of benzene rings is 1. The van der Waals surface area contributed by atoms with Gasteiger partial charge in [-0.15, -0.1) is 11.3 Å². The lowest BCUT2D eigenvalue weighted by molar-refractivity contribution is -0.147. The molecule has 1 aromatic heterocycles. The van der Waals surface area contributed by atoms with E-state index in [4.69, 9.17) is 9.47 Å². The molecule has 5 nitrogen and oxygen atoms in total. The Hall–Kier alpha value is -2.73. The zero-order chi connectivity index (χ0) is 23.6. The van der Waals surface area contributed by atoms with E-state index in [-0.39, 0.29) is 30.5 Å². The Morgan fingerprint density at radius 2 is 1.79 bits per heavy atom. The van der Waals surface area contributed by atoms with Crippen molar-refractivity contribution in [3.8, 4) is 5.75 Å². The fourth-order valence-corrected chi connectivity index (χ4v) is 5.25. The number of carbonyl (C=O) groups is 3. The maximum absolute atomic E-state index is 13.3. The molecule has 0 aliphatic heterocycles. The summed E-state index contributed by atoms with van der Waals surface area (Å²) in [5.74, 6) is -0.601. The predicted molar refractivity (Wildman–Crippen MR) is 129 cm³/mol. The van der Waals surface area contributed by atoms with Crippen molar-refractivity contribution in [1.82, 2.24) is 0 Å². The molecule has 6 heteroatoms. The lowest BCUT2D eigenvalue weighted by Gasteiger charge is -2.22. The van der Waals surface area contributed by atoms with Crippen LogP contribution in [-0.4, -0.2) is 31.3 Å². The average molecular weight is 469 g/mol. The van der Waals surface area contributed by atoms with Gasteiger partial charge in [0.05, 0.1) is 13.5 Å². The maximum Gasteiger partial charge on any atom is 0.306 e. The molecule has 0 amide bonds. The first-order valence-electron chi connectivity index (χ1n) is 11.5. The number of aryl methyl sites for hydroxylation is 2. The highest BCUT2D eigenvalue weighted by molar-refractivity contribution is 7.09. The first kappa shape index (κ1) is 24.9. The van der Waals surface area contributed by atoms with Crippen molar-refractivity contribution in [2.45, 2.75) is 44.9 Å². The van der Waals surface area contributed by atoms with E-state index < -0.39 is 17.8 Å². The van der Waals surface area contributed by atoms with Crippen molar-refractivity contribution in [2.24, 2.45) is 17.8 Å². The Morgan fingerprint density at radius 1 is 1.06 bits per heavy atom. The Morgan fingerprint density at radius 3 is 2.42 bits per heavy atom. The third kappa shape index (κ3) is 7.39. The zero-order valence-electron chi connectivity index (χ0n) is 19.2. The molecule has 0 radical (unpaired) electrons. The molecule has 3 unspecified atom stereocenters. The van der Waals surface area contributed by atoms with Gasteiger partial charge in [0.15, 0.2) is 0 Å². The number of hydrogen-bond acceptors (Lipinski definition) is 6. The van der Waals surface area contributed by atoms with Crippen molar-refractivity contribution in [3.05, 3.63) is 64.9 Å². The number of thiophene rings is 1. The minimum Gasteiger partial charge on any atom is -0.497 e. The molecular formula is C27H32O5S. The van der Waals surface area contributed by atoms with Crippen LogP contribution in [0, 0.1) is 17.8 Å². The number of carbonyl (C=O) groups excluding carboxylic acids is 3. The molecule has 1 saturated carbocycles. The molecule has 0 bridgehead atoms. The van der Waals surface area contributed by atoms with E-state index in [0.717, 1.165) is 30.6 Å². The fraction of sp³-hybridized carbons (Fsp3) is 0.444. The van der Waals surface area contributed by atoms with Crippen LogP contribution in [-0.2, 0) is 32.0 Å². The summed E-state index contributed by atoms with van der Waals surface area (Å²) in [6, 6.07) is 11.9. The van der Waals surface area contributed by atoms with Gasteiger partial charge in [0.2, 0.25) is 0 Å². The van der Waals surface area contributed by atoms with Crippen molar-refractivity contribution >= 4 is 28.9 Å². The highest BCUT2D eigenvalue weighted by atomic mass is 32.1. The lowest BCUT2D eigenvalue weighted by Crippen LogP contribution is -2.30. The number of Topliss-reactive ketones (excluding diaryl/α,β-unsaturated/α-hetero) is 2. The number of rotatable bonds is 11. The minimum absolute atomic E-state index is 0.00677.